The van der Waals surface area contributed by atoms with Crippen LogP contribution in [-0.2, 0) is 6.42 Å². The number of hydrogen-bond donors (Lipinski definition) is 2. The van der Waals surface area contributed by atoms with Gasteiger partial charge in [-0.2, -0.15) is 0 Å². The molecule has 1 amide bonds. The number of carbonyl (C=O) groups excluding carboxylic acids is 1. The molecule has 5 heteroatoms. The molecule has 112 valence electrons. The van der Waals surface area contributed by atoms with Crippen LogP contribution in [0.5, 0.6) is 0 Å². The summed E-state index contributed by atoms with van der Waals surface area (Å²) in [6.07, 6.45) is 4.46. The number of aryl methyl sites for hydroxylation is 1. The van der Waals surface area contributed by atoms with Gasteiger partial charge in [0, 0.05) is 21.6 Å². The van der Waals surface area contributed by atoms with Crippen molar-refractivity contribution < 1.29 is 9.21 Å². The number of nitrogens with one attached hydrogen (secondary N) is 2. The van der Waals surface area contributed by atoms with Crippen molar-refractivity contribution in [1.29, 1.82) is 0 Å². The summed E-state index contributed by atoms with van der Waals surface area (Å²) in [6.45, 7) is 0. The Balaban J connectivity index is 1.70. The van der Waals surface area contributed by atoms with Gasteiger partial charge in [-0.1, -0.05) is 11.6 Å². The first kappa shape index (κ1) is 13.5. The van der Waals surface area contributed by atoms with E-state index >= 15 is 0 Å². The molecule has 1 aliphatic carbocycles. The van der Waals surface area contributed by atoms with Gasteiger partial charge >= 0.3 is 0 Å². The monoisotopic (exact) mass is 314 g/mol. The molecule has 0 bridgehead atoms. The highest BCUT2D eigenvalue weighted by molar-refractivity contribution is 6.31. The van der Waals surface area contributed by atoms with E-state index < -0.39 is 0 Å². The third-order valence-electron chi connectivity index (χ3n) is 4.22. The zero-order chi connectivity index (χ0) is 15.1. The molecule has 0 spiro atoms. The van der Waals surface area contributed by atoms with Crippen LogP contribution in [0.15, 0.2) is 41.0 Å². The van der Waals surface area contributed by atoms with Gasteiger partial charge in [0.2, 0.25) is 0 Å². The van der Waals surface area contributed by atoms with E-state index in [2.05, 4.69) is 10.3 Å². The van der Waals surface area contributed by atoms with Crippen molar-refractivity contribution in [2.75, 3.05) is 0 Å². The highest BCUT2D eigenvalue weighted by Crippen LogP contribution is 2.35. The second kappa shape index (κ2) is 5.21. The predicted octanol–water partition coefficient (Wildman–Crippen LogP) is 4.22. The van der Waals surface area contributed by atoms with Crippen LogP contribution in [0.25, 0.3) is 10.9 Å². The molecule has 1 atom stereocenters. The van der Waals surface area contributed by atoms with Crippen molar-refractivity contribution >= 4 is 28.4 Å². The smallest absolute Gasteiger partial charge is 0.287 e. The number of rotatable bonds is 2. The maximum Gasteiger partial charge on any atom is 0.287 e. The van der Waals surface area contributed by atoms with Gasteiger partial charge in [-0.15, -0.1) is 0 Å². The SMILES string of the molecule is O=C(N[C@H]1CCCc2c1[nH]c1ccc(Cl)cc21)c1ccco1. The molecule has 22 heavy (non-hydrogen) atoms. The number of aromatic amines is 1. The minimum atomic E-state index is -0.181. The minimum absolute atomic E-state index is 0.0208. The lowest BCUT2D eigenvalue weighted by Gasteiger charge is -2.23. The molecule has 1 aliphatic rings. The van der Waals surface area contributed by atoms with Gasteiger partial charge in [-0.3, -0.25) is 4.79 Å². The van der Waals surface area contributed by atoms with Crippen LogP contribution in [0.1, 0.15) is 40.7 Å². The predicted molar refractivity (Wildman–Crippen MR) is 85.2 cm³/mol. The largest absolute Gasteiger partial charge is 0.459 e. The van der Waals surface area contributed by atoms with E-state index in [1.807, 2.05) is 18.2 Å². The number of furan rings is 1. The van der Waals surface area contributed by atoms with Crippen molar-refractivity contribution in [3.63, 3.8) is 0 Å². The molecular formula is C17H15ClN2O2. The number of halogens is 1. The first-order valence-corrected chi connectivity index (χ1v) is 7.74. The van der Waals surface area contributed by atoms with Crippen LogP contribution in [0.3, 0.4) is 0 Å². The molecule has 0 aliphatic heterocycles. The Morgan fingerprint density at radius 3 is 3.09 bits per heavy atom. The van der Waals surface area contributed by atoms with E-state index in [4.69, 9.17) is 16.0 Å². The maximum absolute atomic E-state index is 12.2. The van der Waals surface area contributed by atoms with Gasteiger partial charge in [0.1, 0.15) is 0 Å². The summed E-state index contributed by atoms with van der Waals surface area (Å²) < 4.78 is 5.16. The Kier molecular flexibility index (Phi) is 3.19. The molecule has 2 aromatic heterocycles. The lowest BCUT2D eigenvalue weighted by atomic mass is 9.91. The summed E-state index contributed by atoms with van der Waals surface area (Å²) >= 11 is 6.11. The molecule has 4 nitrogen and oxygen atoms in total. The first-order valence-electron chi connectivity index (χ1n) is 7.37. The highest BCUT2D eigenvalue weighted by Gasteiger charge is 2.26. The fourth-order valence-electron chi connectivity index (χ4n) is 3.22. The molecule has 4 rings (SSSR count). The minimum Gasteiger partial charge on any atom is -0.459 e. The molecule has 0 saturated heterocycles. The van der Waals surface area contributed by atoms with E-state index in [0.29, 0.717) is 5.76 Å². The number of carbonyl (C=O) groups is 1. The van der Waals surface area contributed by atoms with Gasteiger partial charge in [-0.05, 0) is 55.2 Å². The third kappa shape index (κ3) is 2.20. The summed E-state index contributed by atoms with van der Waals surface area (Å²) in [6, 6.07) is 9.22. The Labute approximate surface area is 132 Å². The highest BCUT2D eigenvalue weighted by atomic mass is 35.5. The summed E-state index contributed by atoms with van der Waals surface area (Å²) in [5.74, 6) is 0.158. The maximum atomic E-state index is 12.2. The second-order valence-corrected chi connectivity index (χ2v) is 6.04. The van der Waals surface area contributed by atoms with Gasteiger partial charge in [0.05, 0.1) is 12.3 Å². The fraction of sp³-hybridized carbons (Fsp3) is 0.235. The van der Waals surface area contributed by atoms with Crippen LogP contribution in [0.4, 0.5) is 0 Å². The van der Waals surface area contributed by atoms with E-state index in [-0.39, 0.29) is 11.9 Å². The number of aromatic nitrogens is 1. The summed E-state index contributed by atoms with van der Waals surface area (Å²) in [7, 11) is 0. The first-order chi connectivity index (χ1) is 10.7. The molecule has 1 aromatic carbocycles. The fourth-order valence-corrected chi connectivity index (χ4v) is 3.39. The normalized spacial score (nSPS) is 17.4. The van der Waals surface area contributed by atoms with E-state index in [1.54, 1.807) is 12.1 Å². The van der Waals surface area contributed by atoms with Crippen LogP contribution < -0.4 is 5.32 Å². The molecule has 0 saturated carbocycles. The number of fused-ring (bicyclic) bond motifs is 3. The van der Waals surface area contributed by atoms with Crippen molar-refractivity contribution in [2.45, 2.75) is 25.3 Å². The average molecular weight is 315 g/mol. The summed E-state index contributed by atoms with van der Waals surface area (Å²) in [5.41, 5.74) is 3.41. The van der Waals surface area contributed by atoms with Crippen molar-refractivity contribution in [3.8, 4) is 0 Å². The Bertz CT molecular complexity index is 836. The van der Waals surface area contributed by atoms with Gasteiger partial charge in [0.25, 0.3) is 5.91 Å². The lowest BCUT2D eigenvalue weighted by Crippen LogP contribution is -2.30. The van der Waals surface area contributed by atoms with Gasteiger partial charge < -0.3 is 14.7 Å². The molecule has 2 N–H and O–H groups in total. The molecule has 0 unspecified atom stereocenters. The Hall–Kier alpha value is -2.20. The zero-order valence-electron chi connectivity index (χ0n) is 11.9. The Morgan fingerprint density at radius 2 is 2.27 bits per heavy atom. The lowest BCUT2D eigenvalue weighted by molar-refractivity contribution is 0.0904. The molecule has 2 heterocycles. The summed E-state index contributed by atoms with van der Waals surface area (Å²) in [4.78, 5) is 15.7. The average Bonchev–Trinajstić information content (AvgIpc) is 3.15. The van der Waals surface area contributed by atoms with E-state index in [1.165, 1.54) is 11.8 Å². The molecule has 0 fully saturated rings. The number of hydrogen-bond acceptors (Lipinski definition) is 2. The van der Waals surface area contributed by atoms with Crippen LogP contribution in [0.2, 0.25) is 5.02 Å². The van der Waals surface area contributed by atoms with Gasteiger partial charge in [-0.25, -0.2) is 0 Å². The quantitative estimate of drug-likeness (QED) is 0.744. The topological polar surface area (TPSA) is 58.0 Å². The number of amides is 1. The van der Waals surface area contributed by atoms with Crippen LogP contribution in [-0.4, -0.2) is 10.9 Å². The second-order valence-electron chi connectivity index (χ2n) is 5.60. The molecule has 3 aromatic rings. The zero-order valence-corrected chi connectivity index (χ0v) is 12.6. The standard InChI is InChI=1S/C17H15ClN2O2/c18-10-6-7-13-12(9-10)11-3-1-4-14(16(11)19-13)20-17(21)15-5-2-8-22-15/h2,5-9,14,19H,1,3-4H2,(H,20,21)/t14-/m0/s1. The van der Waals surface area contributed by atoms with Gasteiger partial charge in [0.15, 0.2) is 5.76 Å². The number of H-pyrrole nitrogens is 1. The molecule has 0 radical (unpaired) electrons. The van der Waals surface area contributed by atoms with E-state index in [0.717, 1.165) is 40.9 Å². The molecular weight excluding hydrogens is 300 g/mol. The van der Waals surface area contributed by atoms with Crippen LogP contribution in [0, 0.1) is 0 Å². The van der Waals surface area contributed by atoms with Crippen molar-refractivity contribution in [1.82, 2.24) is 10.3 Å². The Morgan fingerprint density at radius 1 is 1.36 bits per heavy atom. The van der Waals surface area contributed by atoms with Crippen LogP contribution >= 0.6 is 11.6 Å². The number of benzene rings is 1. The third-order valence-corrected chi connectivity index (χ3v) is 4.45. The van der Waals surface area contributed by atoms with E-state index in [9.17, 15) is 4.79 Å². The summed E-state index contributed by atoms with van der Waals surface area (Å²) in [5, 5.41) is 4.94. The van der Waals surface area contributed by atoms with Crippen molar-refractivity contribution in [2.24, 2.45) is 0 Å². The van der Waals surface area contributed by atoms with Crippen molar-refractivity contribution in [3.05, 3.63) is 58.6 Å².